The zero-order valence-corrected chi connectivity index (χ0v) is 13.3. The number of nitrogens with two attached hydrogens (primary N) is 1. The van der Waals surface area contributed by atoms with Crippen molar-refractivity contribution in [3.8, 4) is 5.75 Å². The minimum absolute atomic E-state index is 0. The van der Waals surface area contributed by atoms with Gasteiger partial charge < -0.3 is 10.5 Å². The van der Waals surface area contributed by atoms with Crippen molar-refractivity contribution in [2.24, 2.45) is 17.6 Å². The molecule has 20 heavy (non-hydrogen) atoms. The number of methoxy groups -OCH3 is 1. The summed E-state index contributed by atoms with van der Waals surface area (Å²) in [6.45, 7) is 3.18. The summed E-state index contributed by atoms with van der Waals surface area (Å²) in [4.78, 5) is 2.49. The number of benzene rings is 1. The van der Waals surface area contributed by atoms with Crippen LogP contribution in [0.25, 0.3) is 0 Å². The molecule has 1 aromatic rings. The summed E-state index contributed by atoms with van der Waals surface area (Å²) in [5, 5.41) is 0.770. The number of rotatable bonds is 3. The molecule has 1 aliphatic carbocycles. The largest absolute Gasteiger partial charge is 0.496 e. The molecule has 2 fully saturated rings. The third-order valence-corrected chi connectivity index (χ3v) is 4.86. The van der Waals surface area contributed by atoms with Gasteiger partial charge in [0.05, 0.1) is 7.11 Å². The predicted octanol–water partition coefficient (Wildman–Crippen LogP) is 2.94. The molecule has 3 nitrogen and oxygen atoms in total. The molecule has 112 valence electrons. The molecule has 0 radical (unpaired) electrons. The smallest absolute Gasteiger partial charge is 0.123 e. The number of fused-ring (bicyclic) bond motifs is 1. The van der Waals surface area contributed by atoms with Gasteiger partial charge in [0.2, 0.25) is 0 Å². The summed E-state index contributed by atoms with van der Waals surface area (Å²) in [6, 6.07) is 6.23. The fourth-order valence-electron chi connectivity index (χ4n) is 3.64. The number of likely N-dealkylation sites (tertiary alicyclic amines) is 1. The van der Waals surface area contributed by atoms with Gasteiger partial charge in [-0.25, -0.2) is 0 Å². The molecule has 1 aliphatic heterocycles. The van der Waals surface area contributed by atoms with Crippen LogP contribution in [0.15, 0.2) is 18.2 Å². The number of hydrogen-bond acceptors (Lipinski definition) is 3. The van der Waals surface area contributed by atoms with E-state index in [1.54, 1.807) is 7.11 Å². The number of nitrogens with zero attached hydrogens (tertiary/aromatic N) is 1. The van der Waals surface area contributed by atoms with Crippen molar-refractivity contribution >= 4 is 24.0 Å². The van der Waals surface area contributed by atoms with Crippen molar-refractivity contribution in [2.45, 2.75) is 25.4 Å². The molecule has 0 amide bonds. The Morgan fingerprint density at radius 2 is 2.15 bits per heavy atom. The molecule has 3 atom stereocenters. The summed E-state index contributed by atoms with van der Waals surface area (Å²) in [5.41, 5.74) is 7.35. The van der Waals surface area contributed by atoms with Gasteiger partial charge in [-0.3, -0.25) is 4.90 Å². The van der Waals surface area contributed by atoms with Crippen LogP contribution in [0, 0.1) is 11.8 Å². The van der Waals surface area contributed by atoms with E-state index in [4.69, 9.17) is 22.1 Å². The van der Waals surface area contributed by atoms with Crippen LogP contribution in [0.5, 0.6) is 5.75 Å². The van der Waals surface area contributed by atoms with Crippen LogP contribution in [0.3, 0.4) is 0 Å². The van der Waals surface area contributed by atoms with Gasteiger partial charge in [0.1, 0.15) is 5.75 Å². The van der Waals surface area contributed by atoms with Crippen molar-refractivity contribution in [3.63, 3.8) is 0 Å². The molecule has 0 bridgehead atoms. The Morgan fingerprint density at radius 3 is 2.85 bits per heavy atom. The van der Waals surface area contributed by atoms with Crippen molar-refractivity contribution < 1.29 is 4.74 Å². The molecular weight excluding hydrogens is 295 g/mol. The van der Waals surface area contributed by atoms with Crippen LogP contribution in [0.4, 0.5) is 0 Å². The Labute approximate surface area is 131 Å². The molecule has 3 rings (SSSR count). The topological polar surface area (TPSA) is 38.5 Å². The highest BCUT2D eigenvalue weighted by Crippen LogP contribution is 2.38. The minimum Gasteiger partial charge on any atom is -0.496 e. The first-order valence-corrected chi connectivity index (χ1v) is 7.35. The average Bonchev–Trinajstić information content (AvgIpc) is 2.92. The number of halogens is 2. The fraction of sp³-hybridized carbons (Fsp3) is 0.600. The average molecular weight is 317 g/mol. The van der Waals surface area contributed by atoms with E-state index in [1.807, 2.05) is 18.2 Å². The van der Waals surface area contributed by atoms with Crippen LogP contribution in [-0.4, -0.2) is 31.1 Å². The molecule has 3 unspecified atom stereocenters. The van der Waals surface area contributed by atoms with Gasteiger partial charge in [-0.1, -0.05) is 11.6 Å². The second kappa shape index (κ2) is 6.52. The Hall–Kier alpha value is -0.480. The summed E-state index contributed by atoms with van der Waals surface area (Å²) < 4.78 is 5.42. The summed E-state index contributed by atoms with van der Waals surface area (Å²) in [6.07, 6.45) is 2.48. The highest BCUT2D eigenvalue weighted by Gasteiger charge is 2.40. The molecule has 0 aromatic heterocycles. The third kappa shape index (κ3) is 3.06. The maximum atomic E-state index is 6.18. The lowest BCUT2D eigenvalue weighted by molar-refractivity contribution is 0.292. The van der Waals surface area contributed by atoms with Gasteiger partial charge in [0.25, 0.3) is 0 Å². The standard InChI is InChI=1S/C15H21ClN2O.ClH/c1-19-15-5-3-12(16)6-11(15)8-18-7-10-2-4-14(17)13(10)9-18;/h3,5-6,10,13-14H,2,4,7-9,17H2,1H3;1H. The van der Waals surface area contributed by atoms with E-state index in [-0.39, 0.29) is 12.4 Å². The van der Waals surface area contributed by atoms with Crippen molar-refractivity contribution in [2.75, 3.05) is 20.2 Å². The van der Waals surface area contributed by atoms with Crippen molar-refractivity contribution in [1.82, 2.24) is 4.90 Å². The van der Waals surface area contributed by atoms with Gasteiger partial charge in [0.15, 0.2) is 0 Å². The van der Waals surface area contributed by atoms with Crippen molar-refractivity contribution in [1.29, 1.82) is 0 Å². The maximum absolute atomic E-state index is 6.18. The van der Waals surface area contributed by atoms with Crippen LogP contribution >= 0.6 is 24.0 Å². The minimum atomic E-state index is 0. The van der Waals surface area contributed by atoms with E-state index in [0.717, 1.165) is 36.3 Å². The second-order valence-corrected chi connectivity index (χ2v) is 6.25. The predicted molar refractivity (Wildman–Crippen MR) is 84.7 cm³/mol. The van der Waals surface area contributed by atoms with Crippen LogP contribution in [-0.2, 0) is 6.54 Å². The van der Waals surface area contributed by atoms with E-state index in [0.29, 0.717) is 12.0 Å². The lowest BCUT2D eigenvalue weighted by Crippen LogP contribution is -2.30. The lowest BCUT2D eigenvalue weighted by atomic mass is 9.98. The monoisotopic (exact) mass is 316 g/mol. The van der Waals surface area contributed by atoms with Crippen LogP contribution < -0.4 is 10.5 Å². The van der Waals surface area contributed by atoms with Crippen LogP contribution in [0.2, 0.25) is 5.02 Å². The third-order valence-electron chi connectivity index (χ3n) is 4.62. The normalized spacial score (nSPS) is 29.1. The molecular formula is C15H22Cl2N2O. The van der Waals surface area contributed by atoms with E-state index in [9.17, 15) is 0 Å². The summed E-state index contributed by atoms with van der Waals surface area (Å²) in [5.74, 6) is 2.40. The lowest BCUT2D eigenvalue weighted by Gasteiger charge is -2.19. The second-order valence-electron chi connectivity index (χ2n) is 5.82. The highest BCUT2D eigenvalue weighted by atomic mass is 35.5. The van der Waals surface area contributed by atoms with E-state index in [2.05, 4.69) is 4.90 Å². The first kappa shape index (κ1) is 15.9. The first-order chi connectivity index (χ1) is 9.17. The summed E-state index contributed by atoms with van der Waals surface area (Å²) >= 11 is 6.08. The molecule has 1 saturated carbocycles. The van der Waals surface area contributed by atoms with Gasteiger partial charge in [0, 0.05) is 36.3 Å². The number of ether oxygens (including phenoxy) is 1. The molecule has 5 heteroatoms. The Bertz CT molecular complexity index is 469. The van der Waals surface area contributed by atoms with E-state index in [1.165, 1.54) is 18.4 Å². The maximum Gasteiger partial charge on any atom is 0.123 e. The van der Waals surface area contributed by atoms with E-state index >= 15 is 0 Å². The summed E-state index contributed by atoms with van der Waals surface area (Å²) in [7, 11) is 1.71. The molecule has 1 saturated heterocycles. The molecule has 0 spiro atoms. The van der Waals surface area contributed by atoms with Gasteiger partial charge in [-0.15, -0.1) is 12.4 Å². The highest BCUT2D eigenvalue weighted by molar-refractivity contribution is 6.30. The Morgan fingerprint density at radius 1 is 1.35 bits per heavy atom. The molecule has 1 aromatic carbocycles. The first-order valence-electron chi connectivity index (χ1n) is 6.97. The Balaban J connectivity index is 0.00000147. The zero-order valence-electron chi connectivity index (χ0n) is 11.7. The Kier molecular flexibility index (Phi) is 5.19. The molecule has 2 N–H and O–H groups in total. The van der Waals surface area contributed by atoms with Crippen LogP contribution in [0.1, 0.15) is 18.4 Å². The molecule has 2 aliphatic rings. The quantitative estimate of drug-likeness (QED) is 0.931. The van der Waals surface area contributed by atoms with Gasteiger partial charge >= 0.3 is 0 Å². The van der Waals surface area contributed by atoms with Gasteiger partial charge in [-0.05, 0) is 42.9 Å². The van der Waals surface area contributed by atoms with E-state index < -0.39 is 0 Å². The van der Waals surface area contributed by atoms with Crippen molar-refractivity contribution in [3.05, 3.63) is 28.8 Å². The van der Waals surface area contributed by atoms with Gasteiger partial charge in [-0.2, -0.15) is 0 Å². The fourth-order valence-corrected chi connectivity index (χ4v) is 3.84. The SMILES string of the molecule is COc1ccc(Cl)cc1CN1CC2CCC(N)C2C1.Cl. The number of hydrogen-bond donors (Lipinski definition) is 1. The zero-order chi connectivity index (χ0) is 13.4. The molecule has 1 heterocycles.